The van der Waals surface area contributed by atoms with Crippen LogP contribution in [-0.2, 0) is 16.6 Å². The molecule has 1 N–H and O–H groups in total. The van der Waals surface area contributed by atoms with Crippen molar-refractivity contribution in [2.24, 2.45) is 0 Å². The van der Waals surface area contributed by atoms with Gasteiger partial charge in [-0.3, -0.25) is 0 Å². The molecule has 1 heterocycles. The van der Waals surface area contributed by atoms with Crippen LogP contribution in [-0.4, -0.2) is 8.42 Å². The van der Waals surface area contributed by atoms with Gasteiger partial charge in [0.15, 0.2) is 0 Å². The average Bonchev–Trinajstić information content (AvgIpc) is 2.78. The maximum atomic E-state index is 13.7. The number of halogens is 2. The largest absolute Gasteiger partial charge is 0.250 e. The number of thiophene rings is 1. The lowest BCUT2D eigenvalue weighted by atomic mass is 10.1. The van der Waals surface area contributed by atoms with Crippen LogP contribution in [0, 0.1) is 24.1 Å². The van der Waals surface area contributed by atoms with E-state index in [0.717, 1.165) is 26.8 Å². The highest BCUT2D eigenvalue weighted by Crippen LogP contribution is 2.30. The van der Waals surface area contributed by atoms with E-state index in [-0.39, 0.29) is 21.9 Å². The van der Waals surface area contributed by atoms with Crippen LogP contribution in [0.3, 0.4) is 0 Å². The van der Waals surface area contributed by atoms with Gasteiger partial charge in [0.1, 0.15) is 10.0 Å². The van der Waals surface area contributed by atoms with Crippen molar-refractivity contribution in [3.8, 4) is 6.07 Å². The van der Waals surface area contributed by atoms with E-state index in [0.29, 0.717) is 0 Å². The van der Waals surface area contributed by atoms with Crippen LogP contribution in [0.5, 0.6) is 0 Å². The fourth-order valence-electron chi connectivity index (χ4n) is 1.57. The standard InChI is InChI=1S/C13H10BrFN2O2S2/c1-8-4-12(20-13(8)14)21(18,19)17-7-10-3-2-9(6-16)5-11(10)15/h2-5,17H,7H2,1H3. The summed E-state index contributed by atoms with van der Waals surface area (Å²) >= 11 is 4.36. The van der Waals surface area contributed by atoms with E-state index in [2.05, 4.69) is 20.7 Å². The van der Waals surface area contributed by atoms with Gasteiger partial charge in [-0.1, -0.05) is 6.07 Å². The smallest absolute Gasteiger partial charge is 0.207 e. The van der Waals surface area contributed by atoms with Crippen LogP contribution in [0.4, 0.5) is 4.39 Å². The molecule has 0 bridgehead atoms. The van der Waals surface area contributed by atoms with E-state index in [1.807, 2.05) is 6.07 Å². The van der Waals surface area contributed by atoms with E-state index in [1.54, 1.807) is 13.0 Å². The topological polar surface area (TPSA) is 70.0 Å². The summed E-state index contributed by atoms with van der Waals surface area (Å²) in [4.78, 5) is 0. The number of nitrogens with zero attached hydrogens (tertiary/aromatic N) is 1. The van der Waals surface area contributed by atoms with Crippen molar-refractivity contribution in [1.29, 1.82) is 5.26 Å². The molecule has 0 spiro atoms. The third kappa shape index (κ3) is 3.68. The zero-order valence-electron chi connectivity index (χ0n) is 10.9. The molecule has 0 aliphatic rings. The Morgan fingerprint density at radius 2 is 2.14 bits per heavy atom. The molecule has 0 aliphatic heterocycles. The number of nitriles is 1. The van der Waals surface area contributed by atoms with Gasteiger partial charge < -0.3 is 0 Å². The zero-order valence-corrected chi connectivity index (χ0v) is 14.1. The Labute approximate surface area is 134 Å². The summed E-state index contributed by atoms with van der Waals surface area (Å²) in [6.45, 7) is 1.62. The van der Waals surface area contributed by atoms with Crippen LogP contribution in [0.2, 0.25) is 0 Å². The molecular weight excluding hydrogens is 379 g/mol. The molecule has 110 valence electrons. The first-order valence-corrected chi connectivity index (χ1v) is 8.87. The van der Waals surface area contributed by atoms with Gasteiger partial charge >= 0.3 is 0 Å². The molecule has 0 atom stereocenters. The lowest BCUT2D eigenvalue weighted by Gasteiger charge is -2.06. The molecule has 4 nitrogen and oxygen atoms in total. The highest BCUT2D eigenvalue weighted by atomic mass is 79.9. The first-order chi connectivity index (χ1) is 9.83. The average molecular weight is 389 g/mol. The molecule has 2 aromatic rings. The second-order valence-corrected chi connectivity index (χ2v) is 8.63. The molecule has 1 aromatic heterocycles. The SMILES string of the molecule is Cc1cc(S(=O)(=O)NCc2ccc(C#N)cc2F)sc1Br. The summed E-state index contributed by atoms with van der Waals surface area (Å²) in [6.07, 6.45) is 0. The van der Waals surface area contributed by atoms with E-state index in [4.69, 9.17) is 5.26 Å². The number of benzene rings is 1. The van der Waals surface area contributed by atoms with Crippen molar-refractivity contribution < 1.29 is 12.8 Å². The number of hydrogen-bond donors (Lipinski definition) is 1. The Morgan fingerprint density at radius 3 is 2.67 bits per heavy atom. The summed E-state index contributed by atoms with van der Waals surface area (Å²) in [6, 6.07) is 7.28. The van der Waals surface area contributed by atoms with Gasteiger partial charge in [-0.2, -0.15) is 5.26 Å². The lowest BCUT2D eigenvalue weighted by molar-refractivity contribution is 0.576. The first kappa shape index (κ1) is 16.1. The lowest BCUT2D eigenvalue weighted by Crippen LogP contribution is -2.23. The number of sulfonamides is 1. The molecular formula is C13H10BrFN2O2S2. The summed E-state index contributed by atoms with van der Waals surface area (Å²) in [5, 5.41) is 8.66. The van der Waals surface area contributed by atoms with Crippen molar-refractivity contribution >= 4 is 37.3 Å². The molecule has 1 aromatic carbocycles. The molecule has 21 heavy (non-hydrogen) atoms. The Balaban J connectivity index is 2.17. The highest BCUT2D eigenvalue weighted by Gasteiger charge is 2.18. The molecule has 0 saturated heterocycles. The predicted octanol–water partition coefficient (Wildman–Crippen LogP) is 3.31. The van der Waals surface area contributed by atoms with Gasteiger partial charge in [-0.25, -0.2) is 17.5 Å². The van der Waals surface area contributed by atoms with Gasteiger partial charge in [-0.05, 0) is 46.6 Å². The molecule has 0 radical (unpaired) electrons. The third-order valence-electron chi connectivity index (χ3n) is 2.73. The van der Waals surface area contributed by atoms with Gasteiger partial charge in [0, 0.05) is 12.1 Å². The molecule has 0 aliphatic carbocycles. The minimum Gasteiger partial charge on any atom is -0.207 e. The van der Waals surface area contributed by atoms with Crippen LogP contribution < -0.4 is 4.72 Å². The maximum absolute atomic E-state index is 13.7. The number of hydrogen-bond acceptors (Lipinski definition) is 4. The number of nitrogens with one attached hydrogen (secondary N) is 1. The first-order valence-electron chi connectivity index (χ1n) is 5.77. The summed E-state index contributed by atoms with van der Waals surface area (Å²) < 4.78 is 41.2. The Kier molecular flexibility index (Phi) is 4.78. The minimum absolute atomic E-state index is 0.168. The Morgan fingerprint density at radius 1 is 1.43 bits per heavy atom. The number of rotatable bonds is 4. The van der Waals surface area contributed by atoms with Crippen LogP contribution >= 0.6 is 27.3 Å². The van der Waals surface area contributed by atoms with Crippen molar-refractivity contribution in [1.82, 2.24) is 4.72 Å². The summed E-state index contributed by atoms with van der Waals surface area (Å²) in [5.74, 6) is -0.611. The summed E-state index contributed by atoms with van der Waals surface area (Å²) in [5.41, 5.74) is 1.20. The zero-order chi connectivity index (χ0) is 15.6. The minimum atomic E-state index is -3.69. The van der Waals surface area contributed by atoms with Gasteiger partial charge in [0.25, 0.3) is 0 Å². The Hall–Kier alpha value is -1.27. The Bertz CT molecular complexity index is 806. The molecule has 0 amide bonds. The van der Waals surface area contributed by atoms with E-state index >= 15 is 0 Å². The van der Waals surface area contributed by atoms with Crippen LogP contribution in [0.25, 0.3) is 0 Å². The quantitative estimate of drug-likeness (QED) is 0.872. The monoisotopic (exact) mass is 388 g/mol. The van der Waals surface area contributed by atoms with Crippen LogP contribution in [0.1, 0.15) is 16.7 Å². The fourth-order valence-corrected chi connectivity index (χ4v) is 4.84. The predicted molar refractivity (Wildman–Crippen MR) is 81.9 cm³/mol. The van der Waals surface area contributed by atoms with E-state index < -0.39 is 15.8 Å². The molecule has 2 rings (SSSR count). The van der Waals surface area contributed by atoms with Gasteiger partial charge in [0.05, 0.1) is 15.4 Å². The van der Waals surface area contributed by atoms with E-state index in [1.165, 1.54) is 12.1 Å². The van der Waals surface area contributed by atoms with E-state index in [9.17, 15) is 12.8 Å². The van der Waals surface area contributed by atoms with Crippen molar-refractivity contribution in [2.45, 2.75) is 17.7 Å². The summed E-state index contributed by atoms with van der Waals surface area (Å²) in [7, 11) is -3.69. The van der Waals surface area contributed by atoms with Gasteiger partial charge in [-0.15, -0.1) is 11.3 Å². The third-order valence-corrected chi connectivity index (χ3v) is 6.75. The molecule has 8 heteroatoms. The van der Waals surface area contributed by atoms with Crippen LogP contribution in [0.15, 0.2) is 32.3 Å². The second kappa shape index (κ2) is 6.23. The molecule has 0 saturated carbocycles. The fraction of sp³-hybridized carbons (Fsp3) is 0.154. The molecule has 0 unspecified atom stereocenters. The van der Waals surface area contributed by atoms with Crippen molar-refractivity contribution in [2.75, 3.05) is 0 Å². The maximum Gasteiger partial charge on any atom is 0.250 e. The number of aryl methyl sites for hydroxylation is 1. The van der Waals surface area contributed by atoms with Crippen molar-refractivity contribution in [3.63, 3.8) is 0 Å². The normalized spacial score (nSPS) is 11.3. The van der Waals surface area contributed by atoms with Gasteiger partial charge in [0.2, 0.25) is 10.0 Å². The highest BCUT2D eigenvalue weighted by molar-refractivity contribution is 9.11. The molecule has 0 fully saturated rings. The van der Waals surface area contributed by atoms with Crippen molar-refractivity contribution in [3.05, 3.63) is 50.6 Å². The second-order valence-electron chi connectivity index (χ2n) is 4.26.